The van der Waals surface area contributed by atoms with Gasteiger partial charge in [-0.15, -0.1) is 0 Å². The summed E-state index contributed by atoms with van der Waals surface area (Å²) in [6, 6.07) is 2.63. The van der Waals surface area contributed by atoms with Crippen LogP contribution in [0.3, 0.4) is 0 Å². The Kier molecular flexibility index (Phi) is 3.55. The first-order valence-electron chi connectivity index (χ1n) is 5.51. The third-order valence-corrected chi connectivity index (χ3v) is 2.42. The van der Waals surface area contributed by atoms with E-state index in [-0.39, 0.29) is 18.0 Å². The first-order valence-corrected chi connectivity index (χ1v) is 5.51. The van der Waals surface area contributed by atoms with Crippen molar-refractivity contribution in [3.63, 3.8) is 0 Å². The van der Waals surface area contributed by atoms with Crippen molar-refractivity contribution in [1.82, 2.24) is 9.38 Å². The summed E-state index contributed by atoms with van der Waals surface area (Å²) in [5.74, 6) is -0.380. The van der Waals surface area contributed by atoms with Crippen LogP contribution in [-0.4, -0.2) is 22.0 Å². The second-order valence-corrected chi connectivity index (χ2v) is 3.74. The van der Waals surface area contributed by atoms with Crippen LogP contribution in [-0.2, 0) is 16.0 Å². The Labute approximate surface area is 102 Å². The zero-order valence-electron chi connectivity index (χ0n) is 9.77. The van der Waals surface area contributed by atoms with Gasteiger partial charge in [0.1, 0.15) is 5.65 Å². The second-order valence-electron chi connectivity index (χ2n) is 3.74. The molecule has 0 atom stereocenters. The maximum atomic E-state index is 12.5. The van der Waals surface area contributed by atoms with Gasteiger partial charge in [-0.2, -0.15) is 0 Å². The Balaban J connectivity index is 2.24. The van der Waals surface area contributed by atoms with E-state index in [2.05, 4.69) is 4.98 Å². The highest BCUT2D eigenvalue weighted by Crippen LogP contribution is 2.20. The van der Waals surface area contributed by atoms with Crippen LogP contribution >= 0.6 is 0 Å². The molecular formula is C12H12F2N2O2. The van der Waals surface area contributed by atoms with Gasteiger partial charge in [0.05, 0.1) is 18.7 Å². The maximum absolute atomic E-state index is 12.5. The molecule has 0 aliphatic carbocycles. The molecule has 18 heavy (non-hydrogen) atoms. The van der Waals surface area contributed by atoms with E-state index in [0.29, 0.717) is 17.9 Å². The van der Waals surface area contributed by atoms with Crippen LogP contribution < -0.4 is 0 Å². The van der Waals surface area contributed by atoms with Crippen LogP contribution in [0.1, 0.15) is 24.6 Å². The zero-order valence-corrected chi connectivity index (χ0v) is 9.77. The van der Waals surface area contributed by atoms with Crippen molar-refractivity contribution in [2.75, 3.05) is 6.61 Å². The van der Waals surface area contributed by atoms with Crippen molar-refractivity contribution < 1.29 is 18.3 Å². The molecule has 6 heteroatoms. The first kappa shape index (κ1) is 12.5. The average Bonchev–Trinajstić information content (AvgIpc) is 2.69. The Hall–Kier alpha value is -1.98. The van der Waals surface area contributed by atoms with Gasteiger partial charge in [-0.3, -0.25) is 4.79 Å². The summed E-state index contributed by atoms with van der Waals surface area (Å²) in [4.78, 5) is 15.4. The Morgan fingerprint density at radius 3 is 3.00 bits per heavy atom. The predicted molar refractivity (Wildman–Crippen MR) is 60.5 cm³/mol. The lowest BCUT2D eigenvalue weighted by atomic mass is 10.3. The number of nitrogens with zero attached hydrogens (tertiary/aromatic N) is 2. The minimum Gasteiger partial charge on any atom is -0.466 e. The number of carbonyl (C=O) groups is 1. The fraction of sp³-hybridized carbons (Fsp3) is 0.333. The normalized spacial score (nSPS) is 11.1. The molecule has 0 unspecified atom stereocenters. The van der Waals surface area contributed by atoms with Crippen LogP contribution in [0.5, 0.6) is 0 Å². The quantitative estimate of drug-likeness (QED) is 0.787. The first-order chi connectivity index (χ1) is 8.60. The van der Waals surface area contributed by atoms with Crippen molar-refractivity contribution in [3.8, 4) is 0 Å². The molecule has 2 rings (SSSR count). The summed E-state index contributed by atoms with van der Waals surface area (Å²) in [7, 11) is 0. The lowest BCUT2D eigenvalue weighted by Gasteiger charge is -1.98. The summed E-state index contributed by atoms with van der Waals surface area (Å²) in [6.07, 6.45) is 0.639. The number of ether oxygens (including phenoxy) is 1. The molecule has 0 bridgehead atoms. The van der Waals surface area contributed by atoms with E-state index in [4.69, 9.17) is 4.74 Å². The minimum absolute atomic E-state index is 0.0412. The van der Waals surface area contributed by atoms with Crippen LogP contribution in [0, 0.1) is 0 Å². The third-order valence-electron chi connectivity index (χ3n) is 2.42. The molecular weight excluding hydrogens is 242 g/mol. The highest BCUT2D eigenvalue weighted by molar-refractivity contribution is 5.72. The van der Waals surface area contributed by atoms with Crippen LogP contribution in [0.25, 0.3) is 5.65 Å². The lowest BCUT2D eigenvalue weighted by molar-refractivity contribution is -0.142. The smallest absolute Gasteiger partial charge is 0.311 e. The number of pyridine rings is 1. The molecule has 2 aromatic rings. The number of fused-ring (bicyclic) bond motifs is 1. The largest absolute Gasteiger partial charge is 0.466 e. The van der Waals surface area contributed by atoms with Crippen molar-refractivity contribution in [1.29, 1.82) is 0 Å². The summed E-state index contributed by atoms with van der Waals surface area (Å²) >= 11 is 0. The van der Waals surface area contributed by atoms with Crippen LogP contribution in [0.15, 0.2) is 24.5 Å². The van der Waals surface area contributed by atoms with Crippen molar-refractivity contribution in [2.45, 2.75) is 19.8 Å². The summed E-state index contributed by atoms with van der Waals surface area (Å²) in [5.41, 5.74) is 0.808. The molecule has 0 aliphatic rings. The number of alkyl halides is 2. The molecule has 0 radical (unpaired) electrons. The number of carbonyl (C=O) groups excluding carboxylic acids is 1. The van der Waals surface area contributed by atoms with Gasteiger partial charge in [0.2, 0.25) is 0 Å². The highest BCUT2D eigenvalue weighted by atomic mass is 19.3. The molecule has 0 saturated carbocycles. The van der Waals surface area contributed by atoms with E-state index in [1.807, 2.05) is 0 Å². The van der Waals surface area contributed by atoms with Gasteiger partial charge in [-0.1, -0.05) is 0 Å². The number of hydrogen-bond acceptors (Lipinski definition) is 3. The minimum atomic E-state index is -2.53. The van der Waals surface area contributed by atoms with E-state index in [9.17, 15) is 13.6 Å². The molecule has 4 nitrogen and oxygen atoms in total. The Morgan fingerprint density at radius 2 is 2.33 bits per heavy atom. The van der Waals surface area contributed by atoms with Gasteiger partial charge in [0.15, 0.2) is 0 Å². The van der Waals surface area contributed by atoms with Gasteiger partial charge >= 0.3 is 5.97 Å². The van der Waals surface area contributed by atoms with Crippen molar-refractivity contribution >= 4 is 11.6 Å². The number of hydrogen-bond donors (Lipinski definition) is 0. The van der Waals surface area contributed by atoms with Gasteiger partial charge < -0.3 is 9.14 Å². The second kappa shape index (κ2) is 5.12. The molecule has 0 aromatic carbocycles. The van der Waals surface area contributed by atoms with Gasteiger partial charge in [-0.25, -0.2) is 13.8 Å². The van der Waals surface area contributed by atoms with Crippen LogP contribution in [0.4, 0.5) is 8.78 Å². The number of rotatable bonds is 4. The van der Waals surface area contributed by atoms with Crippen LogP contribution in [0.2, 0.25) is 0 Å². The molecule has 0 fully saturated rings. The summed E-state index contributed by atoms with van der Waals surface area (Å²) in [5, 5.41) is 0. The van der Waals surface area contributed by atoms with E-state index >= 15 is 0 Å². The van der Waals surface area contributed by atoms with Crippen molar-refractivity contribution in [2.24, 2.45) is 0 Å². The van der Waals surface area contributed by atoms with E-state index in [1.165, 1.54) is 18.3 Å². The maximum Gasteiger partial charge on any atom is 0.311 e. The average molecular weight is 254 g/mol. The molecule has 0 spiro atoms. The van der Waals surface area contributed by atoms with Gasteiger partial charge in [0, 0.05) is 18.0 Å². The zero-order chi connectivity index (χ0) is 13.1. The summed E-state index contributed by atoms with van der Waals surface area (Å²) in [6.45, 7) is 2.03. The monoisotopic (exact) mass is 254 g/mol. The van der Waals surface area contributed by atoms with Crippen molar-refractivity contribution in [3.05, 3.63) is 35.8 Å². The number of esters is 1. The molecule has 0 N–H and O–H groups in total. The lowest BCUT2D eigenvalue weighted by Crippen LogP contribution is -2.07. The predicted octanol–water partition coefficient (Wildman–Crippen LogP) is 2.38. The SMILES string of the molecule is CCOC(=O)Cc1cn2ccc(C(F)F)cc2n1. The van der Waals surface area contributed by atoms with E-state index in [1.54, 1.807) is 17.5 Å². The fourth-order valence-electron chi connectivity index (χ4n) is 1.63. The number of halogens is 2. The van der Waals surface area contributed by atoms with Gasteiger partial charge in [-0.05, 0) is 19.1 Å². The topological polar surface area (TPSA) is 43.6 Å². The van der Waals surface area contributed by atoms with Gasteiger partial charge in [0.25, 0.3) is 6.43 Å². The number of aromatic nitrogens is 2. The fourth-order valence-corrected chi connectivity index (χ4v) is 1.63. The Bertz CT molecular complexity index is 566. The molecule has 0 aliphatic heterocycles. The molecule has 0 amide bonds. The Morgan fingerprint density at radius 1 is 1.56 bits per heavy atom. The van der Waals surface area contributed by atoms with E-state index < -0.39 is 6.43 Å². The molecule has 0 saturated heterocycles. The summed E-state index contributed by atoms with van der Waals surface area (Å²) < 4.78 is 31.4. The highest BCUT2D eigenvalue weighted by Gasteiger charge is 2.11. The number of imidazole rings is 1. The molecule has 2 heterocycles. The van der Waals surface area contributed by atoms with E-state index in [0.717, 1.165) is 0 Å². The third kappa shape index (κ3) is 2.64. The molecule has 2 aromatic heterocycles. The standard InChI is InChI=1S/C12H12F2N2O2/c1-2-18-11(17)6-9-7-16-4-3-8(12(13)14)5-10(16)15-9/h3-5,7,12H,2,6H2,1H3. The molecule has 96 valence electrons.